The second-order valence-corrected chi connectivity index (χ2v) is 5.93. The van der Waals surface area contributed by atoms with Crippen LogP contribution in [0.2, 0.25) is 5.02 Å². The summed E-state index contributed by atoms with van der Waals surface area (Å²) in [6.07, 6.45) is 8.05. The number of H-pyrrole nitrogens is 1. The predicted molar refractivity (Wildman–Crippen MR) is 97.9 cm³/mol. The normalized spacial score (nSPS) is 11.6. The number of primary amides is 1. The number of hydrogen-bond donors (Lipinski definition) is 2. The minimum atomic E-state index is -0.519. The van der Waals surface area contributed by atoms with Crippen LogP contribution in [0.3, 0.4) is 0 Å². The van der Waals surface area contributed by atoms with Gasteiger partial charge < -0.3 is 10.7 Å². The van der Waals surface area contributed by atoms with Crippen molar-refractivity contribution in [1.82, 2.24) is 19.9 Å². The number of pyridine rings is 1. The maximum Gasteiger partial charge on any atom is 0.241 e. The van der Waals surface area contributed by atoms with Crippen LogP contribution < -0.4 is 5.73 Å². The zero-order valence-corrected chi connectivity index (χ0v) is 13.7. The van der Waals surface area contributed by atoms with Gasteiger partial charge in [-0.1, -0.05) is 11.6 Å². The molecule has 0 aliphatic carbocycles. The van der Waals surface area contributed by atoms with Gasteiger partial charge in [-0.05, 0) is 30.3 Å². The number of nitrogens with one attached hydrogen (secondary N) is 1. The summed E-state index contributed by atoms with van der Waals surface area (Å²) >= 11 is 6.06. The SMILES string of the molecule is NC(=O)C=Cc1c[nH]c2ncc(-c3cnc4ccc(Cl)cc4c3)nc12. The number of hydrogen-bond acceptors (Lipinski definition) is 4. The molecule has 0 unspecified atom stereocenters. The van der Waals surface area contributed by atoms with Gasteiger partial charge in [0.1, 0.15) is 5.52 Å². The average molecular weight is 350 g/mol. The molecule has 4 rings (SSSR count). The fourth-order valence-electron chi connectivity index (χ4n) is 2.59. The minimum Gasteiger partial charge on any atom is -0.366 e. The molecule has 0 fully saturated rings. The van der Waals surface area contributed by atoms with E-state index in [4.69, 9.17) is 17.3 Å². The van der Waals surface area contributed by atoms with Crippen LogP contribution in [0.15, 0.2) is 48.9 Å². The third-order valence-electron chi connectivity index (χ3n) is 3.78. The van der Waals surface area contributed by atoms with Crippen molar-refractivity contribution in [3.63, 3.8) is 0 Å². The highest BCUT2D eigenvalue weighted by atomic mass is 35.5. The topological polar surface area (TPSA) is 97.6 Å². The van der Waals surface area contributed by atoms with E-state index in [0.717, 1.165) is 22.0 Å². The summed E-state index contributed by atoms with van der Waals surface area (Å²) in [5.74, 6) is -0.519. The van der Waals surface area contributed by atoms with Crippen LogP contribution in [-0.2, 0) is 4.79 Å². The molecule has 0 bridgehead atoms. The molecule has 1 amide bonds. The molecule has 3 N–H and O–H groups in total. The molecule has 0 atom stereocenters. The first-order valence-electron chi connectivity index (χ1n) is 7.47. The molecule has 3 heterocycles. The molecule has 0 radical (unpaired) electrons. The molecule has 0 saturated heterocycles. The van der Waals surface area contributed by atoms with E-state index in [1.807, 2.05) is 18.2 Å². The lowest BCUT2D eigenvalue weighted by Gasteiger charge is -2.03. The number of rotatable bonds is 3. The van der Waals surface area contributed by atoms with Gasteiger partial charge in [-0.3, -0.25) is 9.78 Å². The van der Waals surface area contributed by atoms with E-state index in [1.54, 1.807) is 30.7 Å². The van der Waals surface area contributed by atoms with Crippen LogP contribution in [0.4, 0.5) is 0 Å². The highest BCUT2D eigenvalue weighted by Gasteiger charge is 2.09. The van der Waals surface area contributed by atoms with Crippen LogP contribution in [0.5, 0.6) is 0 Å². The van der Waals surface area contributed by atoms with Gasteiger partial charge >= 0.3 is 0 Å². The van der Waals surface area contributed by atoms with Crippen molar-refractivity contribution in [1.29, 1.82) is 0 Å². The summed E-state index contributed by atoms with van der Waals surface area (Å²) < 4.78 is 0. The average Bonchev–Trinajstić information content (AvgIpc) is 3.01. The number of benzene rings is 1. The Morgan fingerprint density at radius 2 is 2.08 bits per heavy atom. The number of amides is 1. The number of aromatic nitrogens is 4. The molecule has 6 nitrogen and oxygen atoms in total. The molecule has 1 aromatic carbocycles. The van der Waals surface area contributed by atoms with E-state index >= 15 is 0 Å². The lowest BCUT2D eigenvalue weighted by atomic mass is 10.1. The Hall–Kier alpha value is -3.25. The highest BCUT2D eigenvalue weighted by molar-refractivity contribution is 6.31. The Kier molecular flexibility index (Phi) is 3.66. The Morgan fingerprint density at radius 1 is 1.20 bits per heavy atom. The van der Waals surface area contributed by atoms with Crippen molar-refractivity contribution in [3.8, 4) is 11.3 Å². The van der Waals surface area contributed by atoms with E-state index < -0.39 is 5.91 Å². The van der Waals surface area contributed by atoms with E-state index in [0.29, 0.717) is 21.9 Å². The van der Waals surface area contributed by atoms with Gasteiger partial charge in [0.2, 0.25) is 5.91 Å². The van der Waals surface area contributed by atoms with E-state index in [1.165, 1.54) is 6.08 Å². The van der Waals surface area contributed by atoms with Crippen LogP contribution in [0.1, 0.15) is 5.56 Å². The first-order valence-corrected chi connectivity index (χ1v) is 7.85. The number of nitrogens with zero attached hydrogens (tertiary/aromatic N) is 3. The largest absolute Gasteiger partial charge is 0.366 e. The van der Waals surface area contributed by atoms with Gasteiger partial charge in [-0.15, -0.1) is 0 Å². The molecule has 0 saturated carbocycles. The molecule has 0 aliphatic heterocycles. The summed E-state index contributed by atoms with van der Waals surface area (Å²) in [7, 11) is 0. The van der Waals surface area contributed by atoms with Gasteiger partial charge in [0.05, 0.1) is 17.4 Å². The summed E-state index contributed by atoms with van der Waals surface area (Å²) in [5.41, 5.74) is 9.53. The number of fused-ring (bicyclic) bond motifs is 2. The number of nitrogens with two attached hydrogens (primary N) is 1. The number of halogens is 1. The molecule has 3 aromatic heterocycles. The zero-order chi connectivity index (χ0) is 17.4. The van der Waals surface area contributed by atoms with Crippen molar-refractivity contribution in [2.75, 3.05) is 0 Å². The highest BCUT2D eigenvalue weighted by Crippen LogP contribution is 2.25. The maximum atomic E-state index is 10.9. The molecule has 122 valence electrons. The minimum absolute atomic E-state index is 0.519. The Labute approximate surface area is 147 Å². The van der Waals surface area contributed by atoms with Crippen molar-refractivity contribution in [3.05, 3.63) is 59.5 Å². The second kappa shape index (κ2) is 5.99. The quantitative estimate of drug-likeness (QED) is 0.554. The standard InChI is InChI=1S/C18H12ClN5O/c19-13-2-3-14-11(6-13)5-12(8-21-14)15-9-23-18-17(24-15)10(7-22-18)1-4-16(20)25/h1-9H,(H2,20,25)(H,22,23). The monoisotopic (exact) mass is 349 g/mol. The number of carbonyl (C=O) groups excluding carboxylic acids is 1. The van der Waals surface area contributed by atoms with Gasteiger partial charge in [0, 0.05) is 40.0 Å². The predicted octanol–water partition coefficient (Wildman–Crippen LogP) is 3.33. The fraction of sp³-hybridized carbons (Fsp3) is 0. The van der Waals surface area contributed by atoms with E-state index in [9.17, 15) is 4.79 Å². The molecule has 0 aliphatic rings. The fourth-order valence-corrected chi connectivity index (χ4v) is 2.77. The molecule has 7 heteroatoms. The van der Waals surface area contributed by atoms with Crippen LogP contribution in [0, 0.1) is 0 Å². The summed E-state index contributed by atoms with van der Waals surface area (Å²) in [6.45, 7) is 0. The molecule has 25 heavy (non-hydrogen) atoms. The smallest absolute Gasteiger partial charge is 0.241 e. The number of carbonyl (C=O) groups is 1. The Bertz CT molecular complexity index is 1150. The van der Waals surface area contributed by atoms with Crippen molar-refractivity contribution in [2.45, 2.75) is 0 Å². The molecule has 0 spiro atoms. The van der Waals surface area contributed by atoms with Crippen LogP contribution >= 0.6 is 11.6 Å². The maximum absolute atomic E-state index is 10.9. The Morgan fingerprint density at radius 3 is 2.92 bits per heavy atom. The van der Waals surface area contributed by atoms with Crippen molar-refractivity contribution in [2.24, 2.45) is 5.73 Å². The first-order chi connectivity index (χ1) is 12.1. The van der Waals surface area contributed by atoms with E-state index in [-0.39, 0.29) is 0 Å². The third-order valence-corrected chi connectivity index (χ3v) is 4.01. The molecular weight excluding hydrogens is 338 g/mol. The number of aromatic amines is 1. The van der Waals surface area contributed by atoms with Crippen LogP contribution in [0.25, 0.3) is 39.4 Å². The zero-order valence-electron chi connectivity index (χ0n) is 12.9. The van der Waals surface area contributed by atoms with Crippen molar-refractivity contribution >= 4 is 45.7 Å². The summed E-state index contributed by atoms with van der Waals surface area (Å²) in [4.78, 5) is 27.4. The first kappa shape index (κ1) is 15.3. The molecular formula is C18H12ClN5O. The second-order valence-electron chi connectivity index (χ2n) is 5.49. The third kappa shape index (κ3) is 2.95. The van der Waals surface area contributed by atoms with Gasteiger partial charge in [0.25, 0.3) is 0 Å². The Balaban J connectivity index is 1.83. The lowest BCUT2D eigenvalue weighted by Crippen LogP contribution is -2.05. The van der Waals surface area contributed by atoms with Gasteiger partial charge in [0.15, 0.2) is 5.65 Å². The molecule has 4 aromatic rings. The summed E-state index contributed by atoms with van der Waals surface area (Å²) in [6, 6.07) is 7.50. The van der Waals surface area contributed by atoms with Gasteiger partial charge in [-0.25, -0.2) is 9.97 Å². The lowest BCUT2D eigenvalue weighted by molar-refractivity contribution is -0.113. The van der Waals surface area contributed by atoms with E-state index in [2.05, 4.69) is 19.9 Å². The summed E-state index contributed by atoms with van der Waals surface area (Å²) in [5, 5.41) is 1.58. The van der Waals surface area contributed by atoms with Gasteiger partial charge in [-0.2, -0.15) is 0 Å². The van der Waals surface area contributed by atoms with Crippen molar-refractivity contribution < 1.29 is 4.79 Å². The van der Waals surface area contributed by atoms with Crippen LogP contribution in [-0.4, -0.2) is 25.8 Å².